The normalized spacial score (nSPS) is 15.5. The highest BCUT2D eigenvalue weighted by atomic mass is 35.5. The number of anilines is 1. The number of benzene rings is 2. The number of primary amides is 1. The lowest BCUT2D eigenvalue weighted by Crippen LogP contribution is -2.14. The predicted octanol–water partition coefficient (Wildman–Crippen LogP) is 4.00. The van der Waals surface area contributed by atoms with Gasteiger partial charge in [0.1, 0.15) is 0 Å². The molecule has 0 bridgehead atoms. The number of rotatable bonds is 5. The Labute approximate surface area is 129 Å². The number of carbonyl (C=O) groups is 1. The molecule has 0 radical (unpaired) electrons. The fourth-order valence-corrected chi connectivity index (χ4v) is 2.82. The molecule has 1 unspecified atom stereocenters. The van der Waals surface area contributed by atoms with Crippen LogP contribution in [0.1, 0.15) is 34.8 Å². The number of hydrogen-bond acceptors (Lipinski definition) is 2. The standard InChI is InChI=1S/C17H17ClN2O/c18-15-10-13(8-9-14(15)17(19)21)20-16(12-6-7-12)11-4-2-1-3-5-11/h1-5,8-10,12,16,20H,6-7H2,(H2,19,21). The van der Waals surface area contributed by atoms with Gasteiger partial charge in [0.05, 0.1) is 16.6 Å². The molecule has 1 fully saturated rings. The first-order valence-electron chi connectivity index (χ1n) is 7.06. The van der Waals surface area contributed by atoms with Crippen molar-refractivity contribution in [2.24, 2.45) is 11.7 Å². The van der Waals surface area contributed by atoms with Crippen LogP contribution in [0.15, 0.2) is 48.5 Å². The summed E-state index contributed by atoms with van der Waals surface area (Å²) in [5.41, 5.74) is 7.80. The van der Waals surface area contributed by atoms with E-state index in [4.69, 9.17) is 17.3 Å². The maximum atomic E-state index is 11.2. The fourth-order valence-electron chi connectivity index (χ4n) is 2.55. The Morgan fingerprint density at radius 2 is 1.90 bits per heavy atom. The maximum absolute atomic E-state index is 11.2. The number of carbonyl (C=O) groups excluding carboxylic acids is 1. The molecule has 3 rings (SSSR count). The number of nitrogens with one attached hydrogen (secondary N) is 1. The predicted molar refractivity (Wildman–Crippen MR) is 85.5 cm³/mol. The molecule has 0 aromatic heterocycles. The van der Waals surface area contributed by atoms with Crippen LogP contribution >= 0.6 is 11.6 Å². The Morgan fingerprint density at radius 3 is 2.48 bits per heavy atom. The van der Waals surface area contributed by atoms with E-state index in [9.17, 15) is 4.79 Å². The smallest absolute Gasteiger partial charge is 0.250 e. The van der Waals surface area contributed by atoms with Crippen molar-refractivity contribution in [3.8, 4) is 0 Å². The van der Waals surface area contributed by atoms with Gasteiger partial charge in [0, 0.05) is 5.69 Å². The Balaban J connectivity index is 1.84. The van der Waals surface area contributed by atoms with E-state index >= 15 is 0 Å². The van der Waals surface area contributed by atoms with Gasteiger partial charge in [0.25, 0.3) is 0 Å². The van der Waals surface area contributed by atoms with Crippen LogP contribution < -0.4 is 11.1 Å². The van der Waals surface area contributed by atoms with Gasteiger partial charge in [-0.15, -0.1) is 0 Å². The lowest BCUT2D eigenvalue weighted by molar-refractivity contribution is 0.100. The third kappa shape index (κ3) is 3.19. The van der Waals surface area contributed by atoms with Gasteiger partial charge >= 0.3 is 0 Å². The lowest BCUT2D eigenvalue weighted by Gasteiger charge is -2.20. The minimum absolute atomic E-state index is 0.279. The number of nitrogens with two attached hydrogens (primary N) is 1. The molecule has 1 atom stereocenters. The van der Waals surface area contributed by atoms with Crippen LogP contribution in [0.25, 0.3) is 0 Å². The molecular formula is C17H17ClN2O. The van der Waals surface area contributed by atoms with Crippen molar-refractivity contribution in [2.75, 3.05) is 5.32 Å². The van der Waals surface area contributed by atoms with Crippen molar-refractivity contribution < 1.29 is 4.79 Å². The molecule has 0 spiro atoms. The van der Waals surface area contributed by atoms with Crippen molar-refractivity contribution in [1.82, 2.24) is 0 Å². The zero-order chi connectivity index (χ0) is 14.8. The summed E-state index contributed by atoms with van der Waals surface area (Å²) in [5.74, 6) is 0.148. The summed E-state index contributed by atoms with van der Waals surface area (Å²) in [4.78, 5) is 11.2. The Morgan fingerprint density at radius 1 is 1.19 bits per heavy atom. The van der Waals surface area contributed by atoms with Crippen molar-refractivity contribution in [2.45, 2.75) is 18.9 Å². The molecule has 3 nitrogen and oxygen atoms in total. The molecule has 1 aliphatic carbocycles. The number of hydrogen-bond donors (Lipinski definition) is 2. The first kappa shape index (κ1) is 14.0. The van der Waals surface area contributed by atoms with E-state index in [0.717, 1.165) is 5.69 Å². The molecule has 0 aliphatic heterocycles. The highest BCUT2D eigenvalue weighted by molar-refractivity contribution is 6.34. The molecule has 1 saturated carbocycles. The minimum atomic E-state index is -0.506. The summed E-state index contributed by atoms with van der Waals surface area (Å²) >= 11 is 6.11. The van der Waals surface area contributed by atoms with Crippen LogP contribution in [0.2, 0.25) is 5.02 Å². The molecule has 0 saturated heterocycles. The van der Waals surface area contributed by atoms with Crippen molar-refractivity contribution in [1.29, 1.82) is 0 Å². The fraction of sp³-hybridized carbons (Fsp3) is 0.235. The third-order valence-electron chi connectivity index (χ3n) is 3.81. The van der Waals surface area contributed by atoms with Crippen LogP contribution in [0.4, 0.5) is 5.69 Å². The molecule has 0 heterocycles. The zero-order valence-electron chi connectivity index (χ0n) is 11.6. The summed E-state index contributed by atoms with van der Waals surface area (Å²) in [7, 11) is 0. The summed E-state index contributed by atoms with van der Waals surface area (Å²) in [6.45, 7) is 0. The summed E-state index contributed by atoms with van der Waals surface area (Å²) in [5, 5.41) is 3.91. The lowest BCUT2D eigenvalue weighted by atomic mass is 10.0. The Bertz CT molecular complexity index is 653. The van der Waals surface area contributed by atoms with Gasteiger partial charge in [0.15, 0.2) is 0 Å². The van der Waals surface area contributed by atoms with Gasteiger partial charge in [-0.05, 0) is 42.5 Å². The van der Waals surface area contributed by atoms with E-state index < -0.39 is 5.91 Å². The van der Waals surface area contributed by atoms with Gasteiger partial charge in [-0.3, -0.25) is 4.79 Å². The Kier molecular flexibility index (Phi) is 3.84. The minimum Gasteiger partial charge on any atom is -0.378 e. The highest BCUT2D eigenvalue weighted by Gasteiger charge is 2.32. The summed E-state index contributed by atoms with van der Waals surface area (Å²) in [6, 6.07) is 16.0. The number of amides is 1. The zero-order valence-corrected chi connectivity index (χ0v) is 12.3. The van der Waals surface area contributed by atoms with E-state index in [1.165, 1.54) is 18.4 Å². The van der Waals surface area contributed by atoms with Gasteiger partial charge in [-0.25, -0.2) is 0 Å². The van der Waals surface area contributed by atoms with Gasteiger partial charge in [0.2, 0.25) is 5.91 Å². The van der Waals surface area contributed by atoms with E-state index in [1.807, 2.05) is 12.1 Å². The Hall–Kier alpha value is -2.00. The van der Waals surface area contributed by atoms with Gasteiger partial charge in [-0.1, -0.05) is 41.9 Å². The molecule has 1 aliphatic rings. The van der Waals surface area contributed by atoms with Crippen LogP contribution in [-0.4, -0.2) is 5.91 Å². The summed E-state index contributed by atoms with van der Waals surface area (Å²) < 4.78 is 0. The largest absolute Gasteiger partial charge is 0.378 e. The van der Waals surface area contributed by atoms with E-state index in [1.54, 1.807) is 12.1 Å². The van der Waals surface area contributed by atoms with Crippen molar-refractivity contribution >= 4 is 23.2 Å². The van der Waals surface area contributed by atoms with E-state index in [0.29, 0.717) is 16.5 Å². The second-order valence-electron chi connectivity index (χ2n) is 5.43. The first-order chi connectivity index (χ1) is 10.1. The van der Waals surface area contributed by atoms with Crippen molar-refractivity contribution in [3.63, 3.8) is 0 Å². The van der Waals surface area contributed by atoms with Crippen LogP contribution in [0.3, 0.4) is 0 Å². The average Bonchev–Trinajstić information content (AvgIpc) is 3.30. The molecule has 21 heavy (non-hydrogen) atoms. The molecular weight excluding hydrogens is 284 g/mol. The molecule has 4 heteroatoms. The van der Waals surface area contributed by atoms with E-state index in [2.05, 4.69) is 29.6 Å². The third-order valence-corrected chi connectivity index (χ3v) is 4.12. The maximum Gasteiger partial charge on any atom is 0.250 e. The average molecular weight is 301 g/mol. The first-order valence-corrected chi connectivity index (χ1v) is 7.44. The second-order valence-corrected chi connectivity index (χ2v) is 5.84. The topological polar surface area (TPSA) is 55.1 Å². The van der Waals surface area contributed by atoms with Crippen molar-refractivity contribution in [3.05, 3.63) is 64.7 Å². The molecule has 108 valence electrons. The number of halogens is 1. The van der Waals surface area contributed by atoms with Gasteiger partial charge < -0.3 is 11.1 Å². The molecule has 2 aromatic carbocycles. The van der Waals surface area contributed by atoms with E-state index in [-0.39, 0.29) is 6.04 Å². The summed E-state index contributed by atoms with van der Waals surface area (Å²) in [6.07, 6.45) is 2.47. The van der Waals surface area contributed by atoms with Crippen LogP contribution in [0, 0.1) is 5.92 Å². The van der Waals surface area contributed by atoms with Crippen LogP contribution in [-0.2, 0) is 0 Å². The van der Waals surface area contributed by atoms with Crippen LogP contribution in [0.5, 0.6) is 0 Å². The quantitative estimate of drug-likeness (QED) is 0.877. The van der Waals surface area contributed by atoms with Gasteiger partial charge in [-0.2, -0.15) is 0 Å². The molecule has 1 amide bonds. The SMILES string of the molecule is NC(=O)c1ccc(NC(c2ccccc2)C2CC2)cc1Cl. The molecule has 3 N–H and O–H groups in total. The monoisotopic (exact) mass is 300 g/mol. The highest BCUT2D eigenvalue weighted by Crippen LogP contribution is 2.43. The second kappa shape index (κ2) is 5.78. The molecule has 2 aromatic rings.